The Morgan fingerprint density at radius 1 is 1.41 bits per heavy atom. The molecule has 0 saturated heterocycles. The van der Waals surface area contributed by atoms with Crippen LogP contribution < -0.4 is 10.1 Å². The highest BCUT2D eigenvalue weighted by molar-refractivity contribution is 5.96. The molecule has 4 heteroatoms. The van der Waals surface area contributed by atoms with Gasteiger partial charge in [0.2, 0.25) is 0 Å². The molecule has 0 saturated carbocycles. The molecule has 0 unspecified atom stereocenters. The first-order chi connectivity index (χ1) is 8.15. The van der Waals surface area contributed by atoms with Gasteiger partial charge in [-0.2, -0.15) is 0 Å². The predicted molar refractivity (Wildman–Crippen MR) is 65.1 cm³/mol. The van der Waals surface area contributed by atoms with E-state index in [-0.39, 0.29) is 18.3 Å². The van der Waals surface area contributed by atoms with E-state index in [9.17, 15) is 9.59 Å². The Bertz CT molecular complexity index is 426. The second-order valence-corrected chi connectivity index (χ2v) is 3.43. The number of nitrogens with one attached hydrogen (secondary N) is 1. The van der Waals surface area contributed by atoms with Gasteiger partial charge in [-0.1, -0.05) is 18.2 Å². The van der Waals surface area contributed by atoms with Crippen molar-refractivity contribution in [1.82, 2.24) is 5.32 Å². The zero-order valence-electron chi connectivity index (χ0n) is 9.73. The van der Waals surface area contributed by atoms with Gasteiger partial charge in [0.15, 0.2) is 12.4 Å². The smallest absolute Gasteiger partial charge is 0.258 e. The summed E-state index contributed by atoms with van der Waals surface area (Å²) in [4.78, 5) is 22.6. The summed E-state index contributed by atoms with van der Waals surface area (Å²) in [5, 5.41) is 2.58. The largest absolute Gasteiger partial charge is 0.483 e. The number of amides is 1. The molecule has 1 aromatic carbocycles. The Labute approximate surface area is 100 Å². The van der Waals surface area contributed by atoms with Crippen molar-refractivity contribution in [2.24, 2.45) is 0 Å². The van der Waals surface area contributed by atoms with Gasteiger partial charge >= 0.3 is 0 Å². The van der Waals surface area contributed by atoms with E-state index in [1.165, 1.54) is 6.92 Å². The maximum atomic E-state index is 11.3. The summed E-state index contributed by atoms with van der Waals surface area (Å²) in [5.74, 6) is 0.0871. The summed E-state index contributed by atoms with van der Waals surface area (Å²) in [6.07, 6.45) is 1.58. The van der Waals surface area contributed by atoms with Crippen molar-refractivity contribution in [2.75, 3.05) is 13.2 Å². The van der Waals surface area contributed by atoms with Crippen molar-refractivity contribution in [3.8, 4) is 5.75 Å². The molecule has 0 spiro atoms. The summed E-state index contributed by atoms with van der Waals surface area (Å²) in [6.45, 7) is 5.23. The third kappa shape index (κ3) is 4.10. The molecule has 0 fully saturated rings. The molecular weight excluding hydrogens is 218 g/mol. The Morgan fingerprint density at radius 2 is 2.12 bits per heavy atom. The van der Waals surface area contributed by atoms with E-state index in [0.717, 1.165) is 0 Å². The van der Waals surface area contributed by atoms with Crippen LogP contribution in [-0.4, -0.2) is 24.8 Å². The van der Waals surface area contributed by atoms with Crippen LogP contribution in [0.25, 0.3) is 0 Å². The Morgan fingerprint density at radius 3 is 2.76 bits per heavy atom. The summed E-state index contributed by atoms with van der Waals surface area (Å²) in [7, 11) is 0. The highest BCUT2D eigenvalue weighted by Crippen LogP contribution is 2.17. The zero-order chi connectivity index (χ0) is 12.7. The quantitative estimate of drug-likeness (QED) is 0.599. The molecule has 1 aromatic rings. The number of carbonyl (C=O) groups is 2. The molecule has 0 aliphatic rings. The molecule has 0 atom stereocenters. The van der Waals surface area contributed by atoms with Crippen molar-refractivity contribution in [3.05, 3.63) is 42.5 Å². The standard InChI is InChI=1S/C13H15NO3/c1-3-8-14-13(16)9-17-12-7-5-4-6-11(12)10(2)15/h3-7H,1,8-9H2,2H3,(H,14,16). The van der Waals surface area contributed by atoms with Gasteiger partial charge in [-0.05, 0) is 19.1 Å². The van der Waals surface area contributed by atoms with Gasteiger partial charge in [0.05, 0.1) is 5.56 Å². The topological polar surface area (TPSA) is 55.4 Å². The van der Waals surface area contributed by atoms with Crippen LogP contribution in [0.15, 0.2) is 36.9 Å². The Hall–Kier alpha value is -2.10. The molecule has 0 heterocycles. The minimum atomic E-state index is -0.247. The number of carbonyl (C=O) groups excluding carboxylic acids is 2. The molecule has 4 nitrogen and oxygen atoms in total. The predicted octanol–water partition coefficient (Wildman–Crippen LogP) is 1.57. The third-order valence-electron chi connectivity index (χ3n) is 2.07. The second kappa shape index (κ2) is 6.48. The Balaban J connectivity index is 2.60. The lowest BCUT2D eigenvalue weighted by atomic mass is 10.1. The number of benzene rings is 1. The van der Waals surface area contributed by atoms with Gasteiger partial charge in [0, 0.05) is 6.54 Å². The molecular formula is C13H15NO3. The summed E-state index contributed by atoms with van der Waals surface area (Å²) in [5.41, 5.74) is 0.476. The van der Waals surface area contributed by atoms with Crippen LogP contribution >= 0.6 is 0 Å². The molecule has 17 heavy (non-hydrogen) atoms. The molecule has 1 N–H and O–H groups in total. The number of para-hydroxylation sites is 1. The minimum absolute atomic E-state index is 0.0906. The van der Waals surface area contributed by atoms with E-state index in [1.807, 2.05) is 0 Å². The van der Waals surface area contributed by atoms with Crippen LogP contribution in [0.4, 0.5) is 0 Å². The third-order valence-corrected chi connectivity index (χ3v) is 2.07. The van der Waals surface area contributed by atoms with Crippen molar-refractivity contribution in [3.63, 3.8) is 0 Å². The highest BCUT2D eigenvalue weighted by atomic mass is 16.5. The SMILES string of the molecule is C=CCNC(=O)COc1ccccc1C(C)=O. The Kier molecular flexibility index (Phi) is 4.94. The van der Waals surface area contributed by atoms with Crippen molar-refractivity contribution in [1.29, 1.82) is 0 Å². The molecule has 0 aliphatic carbocycles. The fourth-order valence-corrected chi connectivity index (χ4v) is 1.26. The van der Waals surface area contributed by atoms with Gasteiger partial charge in [-0.15, -0.1) is 6.58 Å². The highest BCUT2D eigenvalue weighted by Gasteiger charge is 2.08. The number of hydrogen-bond acceptors (Lipinski definition) is 3. The fourth-order valence-electron chi connectivity index (χ4n) is 1.26. The number of hydrogen-bond donors (Lipinski definition) is 1. The first-order valence-electron chi connectivity index (χ1n) is 5.25. The van der Waals surface area contributed by atoms with Gasteiger partial charge in [-0.3, -0.25) is 9.59 Å². The maximum Gasteiger partial charge on any atom is 0.258 e. The molecule has 0 bridgehead atoms. The van der Waals surface area contributed by atoms with E-state index in [2.05, 4.69) is 11.9 Å². The average molecular weight is 233 g/mol. The maximum absolute atomic E-state index is 11.3. The van der Waals surface area contributed by atoms with Gasteiger partial charge in [-0.25, -0.2) is 0 Å². The van der Waals surface area contributed by atoms with Crippen LogP contribution in [0.2, 0.25) is 0 Å². The minimum Gasteiger partial charge on any atom is -0.483 e. The summed E-state index contributed by atoms with van der Waals surface area (Å²) < 4.78 is 5.29. The number of rotatable bonds is 6. The summed E-state index contributed by atoms with van der Waals surface area (Å²) >= 11 is 0. The zero-order valence-corrected chi connectivity index (χ0v) is 9.73. The lowest BCUT2D eigenvalue weighted by Crippen LogP contribution is -2.29. The van der Waals surface area contributed by atoms with Gasteiger partial charge in [0.1, 0.15) is 5.75 Å². The monoisotopic (exact) mass is 233 g/mol. The van der Waals surface area contributed by atoms with Crippen LogP contribution in [0.1, 0.15) is 17.3 Å². The summed E-state index contributed by atoms with van der Waals surface area (Å²) in [6, 6.07) is 6.83. The lowest BCUT2D eigenvalue weighted by molar-refractivity contribution is -0.122. The second-order valence-electron chi connectivity index (χ2n) is 3.43. The van der Waals surface area contributed by atoms with E-state index in [1.54, 1.807) is 30.3 Å². The van der Waals surface area contributed by atoms with Crippen molar-refractivity contribution in [2.45, 2.75) is 6.92 Å². The first kappa shape index (κ1) is 13.0. The van der Waals surface area contributed by atoms with Gasteiger partial charge < -0.3 is 10.1 Å². The van der Waals surface area contributed by atoms with E-state index in [0.29, 0.717) is 17.9 Å². The molecule has 1 amide bonds. The van der Waals surface area contributed by atoms with Crippen LogP contribution in [0, 0.1) is 0 Å². The normalized spacial score (nSPS) is 9.47. The molecule has 0 aliphatic heterocycles. The fraction of sp³-hybridized carbons (Fsp3) is 0.231. The van der Waals surface area contributed by atoms with Crippen molar-refractivity contribution >= 4 is 11.7 Å². The van der Waals surface area contributed by atoms with Gasteiger partial charge in [0.25, 0.3) is 5.91 Å². The lowest BCUT2D eigenvalue weighted by Gasteiger charge is -2.09. The average Bonchev–Trinajstić information content (AvgIpc) is 2.34. The number of ketones is 1. The number of ether oxygens (including phenoxy) is 1. The molecule has 0 aromatic heterocycles. The van der Waals surface area contributed by atoms with E-state index < -0.39 is 0 Å². The number of Topliss-reactive ketones (excluding diaryl/α,β-unsaturated/α-hetero) is 1. The van der Waals surface area contributed by atoms with E-state index in [4.69, 9.17) is 4.74 Å². The molecule has 0 radical (unpaired) electrons. The molecule has 90 valence electrons. The first-order valence-corrected chi connectivity index (χ1v) is 5.25. The van der Waals surface area contributed by atoms with Crippen LogP contribution in [0.5, 0.6) is 5.75 Å². The van der Waals surface area contributed by atoms with Crippen LogP contribution in [-0.2, 0) is 4.79 Å². The van der Waals surface area contributed by atoms with Crippen LogP contribution in [0.3, 0.4) is 0 Å². The van der Waals surface area contributed by atoms with Crippen molar-refractivity contribution < 1.29 is 14.3 Å². The molecule has 1 rings (SSSR count). The van der Waals surface area contributed by atoms with E-state index >= 15 is 0 Å².